The van der Waals surface area contributed by atoms with Crippen molar-refractivity contribution in [1.29, 1.82) is 0 Å². The first-order valence-electron chi connectivity index (χ1n) is 6.48. The van der Waals surface area contributed by atoms with Gasteiger partial charge < -0.3 is 15.0 Å². The average Bonchev–Trinajstić information content (AvgIpc) is 2.81. The molecule has 0 radical (unpaired) electrons. The standard InChI is InChI=1S/C13H21BrN2OS/c1-16(5-2-12-9-15-4-7-17-12)6-3-13-8-11(14)10-18-13/h8,10,12,15H,2-7,9H2,1H3. The van der Waals surface area contributed by atoms with Crippen LogP contribution in [0.3, 0.4) is 0 Å². The molecule has 0 aliphatic carbocycles. The second-order valence-corrected chi connectivity index (χ2v) is 6.68. The lowest BCUT2D eigenvalue weighted by Gasteiger charge is -2.25. The first-order chi connectivity index (χ1) is 8.74. The van der Waals surface area contributed by atoms with Crippen molar-refractivity contribution >= 4 is 27.3 Å². The van der Waals surface area contributed by atoms with Gasteiger partial charge in [0.15, 0.2) is 0 Å². The minimum absolute atomic E-state index is 0.400. The Morgan fingerprint density at radius 2 is 2.44 bits per heavy atom. The second kappa shape index (κ2) is 7.60. The van der Waals surface area contributed by atoms with Crippen molar-refractivity contribution < 1.29 is 4.74 Å². The van der Waals surface area contributed by atoms with Crippen LogP contribution in [0.15, 0.2) is 15.9 Å². The van der Waals surface area contributed by atoms with Gasteiger partial charge in [0.25, 0.3) is 0 Å². The summed E-state index contributed by atoms with van der Waals surface area (Å²) >= 11 is 5.32. The number of nitrogens with one attached hydrogen (secondary N) is 1. The van der Waals surface area contributed by atoms with Crippen LogP contribution in [0.2, 0.25) is 0 Å². The van der Waals surface area contributed by atoms with E-state index in [1.165, 1.54) is 9.35 Å². The van der Waals surface area contributed by atoms with E-state index in [0.29, 0.717) is 6.10 Å². The van der Waals surface area contributed by atoms with Gasteiger partial charge in [0.1, 0.15) is 0 Å². The van der Waals surface area contributed by atoms with Crippen molar-refractivity contribution in [3.8, 4) is 0 Å². The molecule has 102 valence electrons. The highest BCUT2D eigenvalue weighted by atomic mass is 79.9. The molecule has 1 fully saturated rings. The van der Waals surface area contributed by atoms with E-state index in [9.17, 15) is 0 Å². The Labute approximate surface area is 122 Å². The maximum atomic E-state index is 5.70. The van der Waals surface area contributed by atoms with E-state index in [2.05, 4.69) is 44.6 Å². The first-order valence-corrected chi connectivity index (χ1v) is 8.15. The SMILES string of the molecule is CN(CCc1cc(Br)cs1)CCC1CNCCO1. The van der Waals surface area contributed by atoms with Crippen LogP contribution in [0.1, 0.15) is 11.3 Å². The van der Waals surface area contributed by atoms with Crippen molar-refractivity contribution in [3.63, 3.8) is 0 Å². The molecule has 5 heteroatoms. The third-order valence-electron chi connectivity index (χ3n) is 3.20. The highest BCUT2D eigenvalue weighted by Crippen LogP contribution is 2.20. The third kappa shape index (κ3) is 4.97. The van der Waals surface area contributed by atoms with Gasteiger partial charge in [-0.3, -0.25) is 0 Å². The highest BCUT2D eigenvalue weighted by Gasteiger charge is 2.13. The summed E-state index contributed by atoms with van der Waals surface area (Å²) in [5.41, 5.74) is 0. The van der Waals surface area contributed by atoms with E-state index in [1.807, 2.05) is 11.3 Å². The lowest BCUT2D eigenvalue weighted by atomic mass is 10.2. The molecule has 18 heavy (non-hydrogen) atoms. The summed E-state index contributed by atoms with van der Waals surface area (Å²) in [6.45, 7) is 5.09. The Bertz CT molecular complexity index is 353. The van der Waals surface area contributed by atoms with E-state index in [0.717, 1.165) is 45.6 Å². The fraction of sp³-hybridized carbons (Fsp3) is 0.692. The van der Waals surface area contributed by atoms with Crippen LogP contribution in [0, 0.1) is 0 Å². The Balaban J connectivity index is 1.61. The Morgan fingerprint density at radius 1 is 1.56 bits per heavy atom. The molecule has 3 nitrogen and oxygen atoms in total. The van der Waals surface area contributed by atoms with Crippen LogP contribution < -0.4 is 5.32 Å². The summed E-state index contributed by atoms with van der Waals surface area (Å²) in [7, 11) is 2.19. The zero-order valence-electron chi connectivity index (χ0n) is 10.8. The van der Waals surface area contributed by atoms with Crippen LogP contribution >= 0.6 is 27.3 Å². The van der Waals surface area contributed by atoms with Gasteiger partial charge in [-0.05, 0) is 41.9 Å². The zero-order chi connectivity index (χ0) is 12.8. The highest BCUT2D eigenvalue weighted by molar-refractivity contribution is 9.10. The van der Waals surface area contributed by atoms with Gasteiger partial charge in [-0.15, -0.1) is 11.3 Å². The molecule has 0 aromatic carbocycles. The van der Waals surface area contributed by atoms with Crippen LogP contribution in [0.25, 0.3) is 0 Å². The van der Waals surface area contributed by atoms with E-state index < -0.39 is 0 Å². The van der Waals surface area contributed by atoms with E-state index in [1.54, 1.807) is 0 Å². The fourth-order valence-electron chi connectivity index (χ4n) is 2.07. The summed E-state index contributed by atoms with van der Waals surface area (Å²) in [6, 6.07) is 2.21. The molecule has 0 bridgehead atoms. The average molecular weight is 333 g/mol. The number of thiophene rings is 1. The molecule has 1 N–H and O–H groups in total. The van der Waals surface area contributed by atoms with Gasteiger partial charge in [-0.2, -0.15) is 0 Å². The van der Waals surface area contributed by atoms with E-state index in [4.69, 9.17) is 4.74 Å². The summed E-state index contributed by atoms with van der Waals surface area (Å²) in [5.74, 6) is 0. The molecule has 0 saturated carbocycles. The summed E-state index contributed by atoms with van der Waals surface area (Å²) < 4.78 is 6.90. The number of rotatable bonds is 6. The summed E-state index contributed by atoms with van der Waals surface area (Å²) in [4.78, 5) is 3.84. The molecule has 1 atom stereocenters. The van der Waals surface area contributed by atoms with Crippen molar-refractivity contribution in [3.05, 3.63) is 20.8 Å². The molecule has 0 amide bonds. The topological polar surface area (TPSA) is 24.5 Å². The monoisotopic (exact) mass is 332 g/mol. The molecule has 1 unspecified atom stereocenters. The number of hydrogen-bond acceptors (Lipinski definition) is 4. The summed E-state index contributed by atoms with van der Waals surface area (Å²) in [5, 5.41) is 5.52. The van der Waals surface area contributed by atoms with Gasteiger partial charge in [0.05, 0.1) is 12.7 Å². The van der Waals surface area contributed by atoms with Crippen molar-refractivity contribution in [2.75, 3.05) is 39.8 Å². The molecule has 0 spiro atoms. The van der Waals surface area contributed by atoms with Gasteiger partial charge in [0.2, 0.25) is 0 Å². The second-order valence-electron chi connectivity index (χ2n) is 4.77. The number of ether oxygens (including phenoxy) is 1. The van der Waals surface area contributed by atoms with E-state index in [-0.39, 0.29) is 0 Å². The molecule has 1 aliphatic rings. The molecule has 2 rings (SSSR count). The van der Waals surface area contributed by atoms with Crippen molar-refractivity contribution in [2.24, 2.45) is 0 Å². The van der Waals surface area contributed by atoms with Crippen molar-refractivity contribution in [1.82, 2.24) is 10.2 Å². The van der Waals surface area contributed by atoms with Gasteiger partial charge in [-0.25, -0.2) is 0 Å². The van der Waals surface area contributed by atoms with Crippen molar-refractivity contribution in [2.45, 2.75) is 18.9 Å². The van der Waals surface area contributed by atoms with Crippen LogP contribution in [-0.4, -0.2) is 50.8 Å². The Morgan fingerprint density at radius 3 is 3.11 bits per heavy atom. The number of halogens is 1. The zero-order valence-corrected chi connectivity index (χ0v) is 13.2. The minimum Gasteiger partial charge on any atom is -0.376 e. The number of likely N-dealkylation sites (N-methyl/N-ethyl adjacent to an activating group) is 1. The smallest absolute Gasteiger partial charge is 0.0712 e. The lowest BCUT2D eigenvalue weighted by molar-refractivity contribution is 0.0188. The number of hydrogen-bond donors (Lipinski definition) is 1. The molecular formula is C13H21BrN2OS. The Hall–Kier alpha value is 0.0600. The predicted molar refractivity (Wildman–Crippen MR) is 80.4 cm³/mol. The third-order valence-corrected chi connectivity index (χ3v) is 4.96. The molecular weight excluding hydrogens is 312 g/mol. The van der Waals surface area contributed by atoms with Crippen LogP contribution in [0.5, 0.6) is 0 Å². The first kappa shape index (κ1) is 14.5. The normalized spacial score (nSPS) is 20.5. The largest absolute Gasteiger partial charge is 0.376 e. The van der Waals surface area contributed by atoms with Gasteiger partial charge in [-0.1, -0.05) is 0 Å². The van der Waals surface area contributed by atoms with E-state index >= 15 is 0 Å². The summed E-state index contributed by atoms with van der Waals surface area (Å²) in [6.07, 6.45) is 2.66. The predicted octanol–water partition coefficient (Wildman–Crippen LogP) is 2.36. The molecule has 2 heterocycles. The molecule has 1 aliphatic heterocycles. The van der Waals surface area contributed by atoms with Crippen LogP contribution in [0.4, 0.5) is 0 Å². The number of morpholine rings is 1. The molecule has 1 aromatic heterocycles. The maximum absolute atomic E-state index is 5.70. The maximum Gasteiger partial charge on any atom is 0.0712 e. The quantitative estimate of drug-likeness (QED) is 0.865. The molecule has 1 saturated heterocycles. The Kier molecular flexibility index (Phi) is 6.11. The van der Waals surface area contributed by atoms with Gasteiger partial charge >= 0.3 is 0 Å². The fourth-order valence-corrected chi connectivity index (χ4v) is 3.51. The molecule has 1 aromatic rings. The number of nitrogens with zero attached hydrogens (tertiary/aromatic N) is 1. The van der Waals surface area contributed by atoms with Gasteiger partial charge in [0, 0.05) is 40.9 Å². The van der Waals surface area contributed by atoms with Crippen LogP contribution in [-0.2, 0) is 11.2 Å². The lowest BCUT2D eigenvalue weighted by Crippen LogP contribution is -2.40. The minimum atomic E-state index is 0.400.